The van der Waals surface area contributed by atoms with Gasteiger partial charge in [0.05, 0.1) is 31.0 Å². The lowest BCUT2D eigenvalue weighted by Crippen LogP contribution is -2.65. The van der Waals surface area contributed by atoms with Gasteiger partial charge in [0, 0.05) is 62.2 Å². The average molecular weight is 625 g/mol. The molecule has 236 valence electrons. The number of likely N-dealkylation sites (tertiary alicyclic amines) is 1. The molecule has 1 saturated carbocycles. The second kappa shape index (κ2) is 12.4. The highest BCUT2D eigenvalue weighted by molar-refractivity contribution is 5.92. The summed E-state index contributed by atoms with van der Waals surface area (Å²) in [5.74, 6) is -2.49. The van der Waals surface area contributed by atoms with E-state index in [1.165, 1.54) is 13.4 Å². The molecule has 1 aliphatic carbocycles. The van der Waals surface area contributed by atoms with Gasteiger partial charge in [0.1, 0.15) is 29.3 Å². The number of carbonyl (C=O) groups is 1. The first-order valence-corrected chi connectivity index (χ1v) is 14.5. The van der Waals surface area contributed by atoms with E-state index in [4.69, 9.17) is 9.47 Å². The molecule has 16 heteroatoms. The summed E-state index contributed by atoms with van der Waals surface area (Å²) in [4.78, 5) is 33.4. The van der Waals surface area contributed by atoms with Crippen molar-refractivity contribution < 1.29 is 27.4 Å². The molecule has 1 aliphatic heterocycles. The molecular formula is C29H31F3N10O3. The molecule has 5 heterocycles. The minimum absolute atomic E-state index is 0.119. The Morgan fingerprint density at radius 2 is 2.02 bits per heavy atom. The summed E-state index contributed by atoms with van der Waals surface area (Å²) in [6.07, 6.45) is 4.79. The Labute approximate surface area is 255 Å². The number of halogens is 3. The molecule has 0 aromatic carbocycles. The lowest BCUT2D eigenvalue weighted by atomic mass is 9.82. The summed E-state index contributed by atoms with van der Waals surface area (Å²) in [5.41, 5.74) is 1.44. The number of carbonyl (C=O) groups excluding carboxylic acids is 1. The van der Waals surface area contributed by atoms with E-state index in [0.29, 0.717) is 32.4 Å². The van der Waals surface area contributed by atoms with Crippen molar-refractivity contribution in [3.63, 3.8) is 0 Å². The van der Waals surface area contributed by atoms with E-state index in [1.807, 2.05) is 23.1 Å². The monoisotopic (exact) mass is 624 g/mol. The molecule has 45 heavy (non-hydrogen) atoms. The van der Waals surface area contributed by atoms with Gasteiger partial charge in [0.15, 0.2) is 0 Å². The number of rotatable bonds is 10. The van der Waals surface area contributed by atoms with Gasteiger partial charge >= 0.3 is 6.18 Å². The van der Waals surface area contributed by atoms with Gasteiger partial charge < -0.3 is 19.8 Å². The maximum Gasteiger partial charge on any atom is 0.451 e. The Balaban J connectivity index is 1.08. The minimum Gasteiger partial charge on any atom is -0.474 e. The van der Waals surface area contributed by atoms with Crippen LogP contribution in [0.25, 0.3) is 22.3 Å². The van der Waals surface area contributed by atoms with Crippen LogP contribution in [0.2, 0.25) is 0 Å². The molecule has 1 saturated heterocycles. The lowest BCUT2D eigenvalue weighted by molar-refractivity contribution is -0.145. The summed E-state index contributed by atoms with van der Waals surface area (Å²) < 4.78 is 53.1. The molecule has 1 amide bonds. The number of hydrogen-bond donors (Lipinski definition) is 2. The zero-order chi connectivity index (χ0) is 31.6. The standard InChI is InChI=1S/C29H31F3N10O3/c1-44-11-10-35-26(43)22-12-23(40-27(39-22)29(30,31)32)45-20-4-2-19(3-5-20)41-15-28(16-41,7-8-33)42-14-18(13-38-42)24-21-6-9-34-25(21)37-17-36-24/h6,9,12-14,17,19-20H,2-5,7,10-11,15-16H2,1H3,(H,35,43)(H,34,36,37)/t19-,20+. The largest absolute Gasteiger partial charge is 0.474 e. The Kier molecular flexibility index (Phi) is 8.38. The van der Waals surface area contributed by atoms with Crippen LogP contribution < -0.4 is 10.1 Å². The topological polar surface area (TPSA) is 160 Å². The summed E-state index contributed by atoms with van der Waals surface area (Å²) in [5, 5.41) is 17.6. The highest BCUT2D eigenvalue weighted by atomic mass is 19.4. The Morgan fingerprint density at radius 3 is 2.76 bits per heavy atom. The van der Waals surface area contributed by atoms with Crippen molar-refractivity contribution in [1.82, 2.24) is 44.9 Å². The van der Waals surface area contributed by atoms with Gasteiger partial charge in [-0.3, -0.25) is 14.4 Å². The first-order valence-electron chi connectivity index (χ1n) is 14.5. The van der Waals surface area contributed by atoms with Gasteiger partial charge in [-0.2, -0.15) is 28.5 Å². The van der Waals surface area contributed by atoms with E-state index >= 15 is 0 Å². The highest BCUT2D eigenvalue weighted by Crippen LogP contribution is 2.39. The predicted octanol–water partition coefficient (Wildman–Crippen LogP) is 3.32. The number of fused-ring (bicyclic) bond motifs is 1. The molecule has 4 aromatic rings. The molecule has 0 radical (unpaired) electrons. The number of methoxy groups -OCH3 is 1. The molecule has 0 atom stereocenters. The van der Waals surface area contributed by atoms with E-state index in [-0.39, 0.29) is 31.2 Å². The normalized spacial score (nSPS) is 20.0. The third-order valence-corrected chi connectivity index (χ3v) is 8.33. The Morgan fingerprint density at radius 1 is 1.22 bits per heavy atom. The van der Waals surface area contributed by atoms with E-state index < -0.39 is 29.1 Å². The minimum atomic E-state index is -4.84. The van der Waals surface area contributed by atoms with Crippen LogP contribution in [0.5, 0.6) is 5.88 Å². The molecule has 2 aliphatic rings. The van der Waals surface area contributed by atoms with Crippen LogP contribution in [0.1, 0.15) is 48.4 Å². The van der Waals surface area contributed by atoms with Crippen LogP contribution in [-0.2, 0) is 16.5 Å². The fourth-order valence-electron chi connectivity index (χ4n) is 6.04. The number of nitriles is 1. The van der Waals surface area contributed by atoms with Gasteiger partial charge in [-0.15, -0.1) is 0 Å². The number of nitrogens with zero attached hydrogens (tertiary/aromatic N) is 8. The van der Waals surface area contributed by atoms with Crippen LogP contribution in [0.4, 0.5) is 13.2 Å². The van der Waals surface area contributed by atoms with Gasteiger partial charge in [-0.1, -0.05) is 0 Å². The number of hydrogen-bond acceptors (Lipinski definition) is 10. The molecule has 2 fully saturated rings. The molecule has 0 unspecified atom stereocenters. The van der Waals surface area contributed by atoms with E-state index in [1.54, 1.807) is 6.20 Å². The van der Waals surface area contributed by atoms with Crippen LogP contribution in [0, 0.1) is 11.3 Å². The van der Waals surface area contributed by atoms with Crippen LogP contribution in [-0.4, -0.2) is 91.0 Å². The maximum atomic E-state index is 13.5. The fourth-order valence-corrected chi connectivity index (χ4v) is 6.04. The number of amides is 1. The number of aromatic nitrogens is 7. The Bertz CT molecular complexity index is 1700. The third kappa shape index (κ3) is 6.31. The second-order valence-corrected chi connectivity index (χ2v) is 11.3. The predicted molar refractivity (Wildman–Crippen MR) is 153 cm³/mol. The van der Waals surface area contributed by atoms with E-state index in [0.717, 1.165) is 41.2 Å². The summed E-state index contributed by atoms with van der Waals surface area (Å²) >= 11 is 0. The average Bonchev–Trinajstić information content (AvgIpc) is 3.69. The van der Waals surface area contributed by atoms with Gasteiger partial charge in [-0.25, -0.2) is 15.0 Å². The zero-order valence-electron chi connectivity index (χ0n) is 24.4. The molecule has 6 rings (SSSR count). The Hall–Kier alpha value is -4.62. The van der Waals surface area contributed by atoms with Crippen molar-refractivity contribution in [3.8, 4) is 23.2 Å². The smallest absolute Gasteiger partial charge is 0.451 e. The lowest BCUT2D eigenvalue weighted by Gasteiger charge is -2.53. The van der Waals surface area contributed by atoms with Crippen molar-refractivity contribution in [1.29, 1.82) is 5.26 Å². The summed E-state index contributed by atoms with van der Waals surface area (Å²) in [6.45, 7) is 1.61. The molecule has 13 nitrogen and oxygen atoms in total. The van der Waals surface area contributed by atoms with E-state index in [9.17, 15) is 23.2 Å². The first-order chi connectivity index (χ1) is 21.7. The zero-order valence-corrected chi connectivity index (χ0v) is 24.4. The third-order valence-electron chi connectivity index (χ3n) is 8.33. The SMILES string of the molecule is COCCNC(=O)c1cc(O[C@H]2CC[C@@H](N3CC(CC#N)(n4cc(-c5ncnc6[nH]ccc56)cn4)C3)CC2)nc(C(F)(F)F)n1. The molecule has 4 aromatic heterocycles. The van der Waals surface area contributed by atoms with Crippen LogP contribution in [0.15, 0.2) is 37.1 Å². The van der Waals surface area contributed by atoms with Gasteiger partial charge in [-0.05, 0) is 31.7 Å². The van der Waals surface area contributed by atoms with Crippen LogP contribution >= 0.6 is 0 Å². The van der Waals surface area contributed by atoms with Crippen molar-refractivity contribution >= 4 is 16.9 Å². The number of aromatic amines is 1. The first kappa shape index (κ1) is 30.4. The molecule has 0 spiro atoms. The molecular weight excluding hydrogens is 593 g/mol. The van der Waals surface area contributed by atoms with Crippen molar-refractivity contribution in [2.45, 2.75) is 56.0 Å². The maximum absolute atomic E-state index is 13.5. The fraction of sp³-hybridized carbons (Fsp3) is 0.483. The summed E-state index contributed by atoms with van der Waals surface area (Å²) in [7, 11) is 1.45. The highest BCUT2D eigenvalue weighted by Gasteiger charge is 2.48. The van der Waals surface area contributed by atoms with Crippen molar-refractivity contribution in [3.05, 3.63) is 48.6 Å². The molecule has 2 N–H and O–H groups in total. The number of ether oxygens (including phenoxy) is 2. The second-order valence-electron chi connectivity index (χ2n) is 11.3. The number of alkyl halides is 3. The van der Waals surface area contributed by atoms with Gasteiger partial charge in [0.25, 0.3) is 5.91 Å². The van der Waals surface area contributed by atoms with Crippen molar-refractivity contribution in [2.75, 3.05) is 33.4 Å². The van der Waals surface area contributed by atoms with E-state index in [2.05, 4.69) is 46.3 Å². The summed E-state index contributed by atoms with van der Waals surface area (Å²) in [6, 6.07) is 5.60. The number of H-pyrrole nitrogens is 1. The quantitative estimate of drug-likeness (QED) is 0.251. The molecule has 0 bridgehead atoms. The van der Waals surface area contributed by atoms with Crippen molar-refractivity contribution in [2.24, 2.45) is 0 Å². The van der Waals surface area contributed by atoms with Gasteiger partial charge in [0.2, 0.25) is 11.7 Å². The van der Waals surface area contributed by atoms with Crippen LogP contribution in [0.3, 0.4) is 0 Å². The number of nitrogens with one attached hydrogen (secondary N) is 2.